The molecule has 2 rings (SSSR count). The summed E-state index contributed by atoms with van der Waals surface area (Å²) in [5.41, 5.74) is -0.0928. The third-order valence-electron chi connectivity index (χ3n) is 3.21. The lowest BCUT2D eigenvalue weighted by molar-refractivity contribution is 0.0972. The average Bonchev–Trinajstić information content (AvgIpc) is 2.48. The molecule has 0 spiro atoms. The van der Waals surface area contributed by atoms with E-state index in [0.29, 0.717) is 16.3 Å². The lowest BCUT2D eigenvalue weighted by Gasteiger charge is -2.33. The van der Waals surface area contributed by atoms with Crippen LogP contribution in [-0.4, -0.2) is 11.4 Å². The van der Waals surface area contributed by atoms with Gasteiger partial charge in [0.25, 0.3) is 5.91 Å². The van der Waals surface area contributed by atoms with E-state index in [9.17, 15) is 10.1 Å². The molecular formula is C17H14Cl2N2O. The Morgan fingerprint density at radius 1 is 1.14 bits per heavy atom. The third kappa shape index (κ3) is 3.24. The number of hydrogen-bond acceptors (Lipinski definition) is 2. The second-order valence-electron chi connectivity index (χ2n) is 5.27. The third-order valence-corrected chi connectivity index (χ3v) is 3.76. The maximum Gasteiger partial charge on any atom is 0.261 e. The number of carbonyl (C=O) groups excluding carboxylic acids is 1. The number of nitriles is 1. The highest BCUT2D eigenvalue weighted by Crippen LogP contribution is 2.29. The molecule has 0 saturated carbocycles. The number of nitrogens with zero attached hydrogens (tertiary/aromatic N) is 2. The van der Waals surface area contributed by atoms with Gasteiger partial charge in [-0.3, -0.25) is 9.69 Å². The van der Waals surface area contributed by atoms with Crippen molar-refractivity contribution < 1.29 is 4.79 Å². The molecule has 2 aromatic rings. The van der Waals surface area contributed by atoms with Crippen LogP contribution in [-0.2, 0) is 0 Å². The van der Waals surface area contributed by atoms with Crippen molar-refractivity contribution in [1.29, 1.82) is 5.26 Å². The minimum Gasteiger partial charge on any atom is -0.290 e. The molecular weight excluding hydrogens is 319 g/mol. The summed E-state index contributed by atoms with van der Waals surface area (Å²) in [6, 6.07) is 15.9. The molecule has 0 aliphatic rings. The number of para-hydroxylation sites is 1. The van der Waals surface area contributed by atoms with Gasteiger partial charge in [-0.2, -0.15) is 5.26 Å². The minimum absolute atomic E-state index is 0.257. The molecule has 5 heteroatoms. The van der Waals surface area contributed by atoms with E-state index < -0.39 is 5.54 Å². The number of rotatable bonds is 3. The Kier molecular flexibility index (Phi) is 4.75. The molecule has 2 aromatic carbocycles. The van der Waals surface area contributed by atoms with Crippen LogP contribution in [0.2, 0.25) is 10.0 Å². The molecule has 0 heterocycles. The Balaban J connectivity index is 2.55. The lowest BCUT2D eigenvalue weighted by atomic mass is 10.0. The predicted octanol–water partition coefficient (Wildman–Crippen LogP) is 4.94. The first-order valence-electron chi connectivity index (χ1n) is 6.63. The van der Waals surface area contributed by atoms with Gasteiger partial charge in [-0.1, -0.05) is 41.4 Å². The topological polar surface area (TPSA) is 44.1 Å². The monoisotopic (exact) mass is 332 g/mol. The van der Waals surface area contributed by atoms with E-state index in [4.69, 9.17) is 23.2 Å². The van der Waals surface area contributed by atoms with Gasteiger partial charge in [0.05, 0.1) is 16.7 Å². The van der Waals surface area contributed by atoms with Crippen molar-refractivity contribution in [3.63, 3.8) is 0 Å². The van der Waals surface area contributed by atoms with E-state index in [-0.39, 0.29) is 10.9 Å². The van der Waals surface area contributed by atoms with Gasteiger partial charge in [0, 0.05) is 10.7 Å². The van der Waals surface area contributed by atoms with Gasteiger partial charge in [-0.25, -0.2) is 0 Å². The number of amides is 1. The fourth-order valence-electron chi connectivity index (χ4n) is 2.10. The Labute approximate surface area is 139 Å². The van der Waals surface area contributed by atoms with Crippen LogP contribution >= 0.6 is 23.2 Å². The highest BCUT2D eigenvalue weighted by atomic mass is 35.5. The minimum atomic E-state index is -1.03. The van der Waals surface area contributed by atoms with Gasteiger partial charge in [0.15, 0.2) is 0 Å². The predicted molar refractivity (Wildman–Crippen MR) is 89.4 cm³/mol. The molecule has 0 fully saturated rings. The summed E-state index contributed by atoms with van der Waals surface area (Å²) in [5, 5.41) is 10.1. The summed E-state index contributed by atoms with van der Waals surface area (Å²) in [5.74, 6) is -0.348. The van der Waals surface area contributed by atoms with Gasteiger partial charge in [0.1, 0.15) is 5.54 Å². The highest BCUT2D eigenvalue weighted by molar-refractivity contribution is 6.37. The van der Waals surface area contributed by atoms with Gasteiger partial charge in [0.2, 0.25) is 0 Å². The quantitative estimate of drug-likeness (QED) is 0.798. The van der Waals surface area contributed by atoms with E-state index in [1.807, 2.05) is 18.2 Å². The largest absolute Gasteiger partial charge is 0.290 e. The van der Waals surface area contributed by atoms with Crippen LogP contribution in [0.4, 0.5) is 5.69 Å². The molecule has 0 unspecified atom stereocenters. The van der Waals surface area contributed by atoms with Gasteiger partial charge < -0.3 is 0 Å². The van der Waals surface area contributed by atoms with E-state index in [2.05, 4.69) is 6.07 Å². The molecule has 22 heavy (non-hydrogen) atoms. The van der Waals surface area contributed by atoms with Crippen LogP contribution in [0.25, 0.3) is 0 Å². The molecule has 0 bridgehead atoms. The van der Waals surface area contributed by atoms with Crippen LogP contribution in [0.15, 0.2) is 48.5 Å². The van der Waals surface area contributed by atoms with E-state index >= 15 is 0 Å². The van der Waals surface area contributed by atoms with Crippen LogP contribution in [0.3, 0.4) is 0 Å². The highest BCUT2D eigenvalue weighted by Gasteiger charge is 2.33. The van der Waals surface area contributed by atoms with Crippen molar-refractivity contribution in [2.24, 2.45) is 0 Å². The van der Waals surface area contributed by atoms with Gasteiger partial charge in [-0.15, -0.1) is 0 Å². The van der Waals surface area contributed by atoms with Crippen LogP contribution < -0.4 is 4.90 Å². The van der Waals surface area contributed by atoms with E-state index in [1.165, 1.54) is 11.0 Å². The summed E-state index contributed by atoms with van der Waals surface area (Å²) < 4.78 is 0. The SMILES string of the molecule is CC(C)(C#N)N(C(=O)c1ccc(Cl)cc1Cl)c1ccccc1. The van der Waals surface area contributed by atoms with Crippen molar-refractivity contribution in [2.75, 3.05) is 4.90 Å². The molecule has 0 radical (unpaired) electrons. The van der Waals surface area contributed by atoms with Gasteiger partial charge in [-0.05, 0) is 44.2 Å². The Morgan fingerprint density at radius 2 is 1.77 bits per heavy atom. The summed E-state index contributed by atoms with van der Waals surface area (Å²) in [6.45, 7) is 3.36. The zero-order chi connectivity index (χ0) is 16.3. The second-order valence-corrected chi connectivity index (χ2v) is 6.11. The average molecular weight is 333 g/mol. The number of halogens is 2. The second kappa shape index (κ2) is 6.39. The van der Waals surface area contributed by atoms with Crippen molar-refractivity contribution in [2.45, 2.75) is 19.4 Å². The normalized spacial score (nSPS) is 10.9. The number of carbonyl (C=O) groups is 1. The smallest absolute Gasteiger partial charge is 0.261 e. The molecule has 112 valence electrons. The van der Waals surface area contributed by atoms with E-state index in [0.717, 1.165) is 0 Å². The lowest BCUT2D eigenvalue weighted by Crippen LogP contribution is -2.47. The molecule has 3 nitrogen and oxygen atoms in total. The first-order valence-corrected chi connectivity index (χ1v) is 7.38. The van der Waals surface area contributed by atoms with Crippen molar-refractivity contribution in [3.05, 3.63) is 64.1 Å². The van der Waals surface area contributed by atoms with E-state index in [1.54, 1.807) is 38.1 Å². The number of hydrogen-bond donors (Lipinski definition) is 0. The van der Waals surface area contributed by atoms with Crippen molar-refractivity contribution in [3.8, 4) is 6.07 Å². The van der Waals surface area contributed by atoms with Crippen LogP contribution in [0.5, 0.6) is 0 Å². The first kappa shape index (κ1) is 16.4. The fourth-order valence-corrected chi connectivity index (χ4v) is 2.59. The Bertz CT molecular complexity index is 736. The summed E-state index contributed by atoms with van der Waals surface area (Å²) in [6.07, 6.45) is 0. The Morgan fingerprint density at radius 3 is 2.32 bits per heavy atom. The van der Waals surface area contributed by atoms with Crippen LogP contribution in [0.1, 0.15) is 24.2 Å². The summed E-state index contributed by atoms with van der Waals surface area (Å²) in [4.78, 5) is 14.4. The van der Waals surface area contributed by atoms with Crippen molar-refractivity contribution >= 4 is 34.8 Å². The zero-order valence-corrected chi connectivity index (χ0v) is 13.7. The van der Waals surface area contributed by atoms with Crippen molar-refractivity contribution in [1.82, 2.24) is 0 Å². The molecule has 0 atom stereocenters. The van der Waals surface area contributed by atoms with Gasteiger partial charge >= 0.3 is 0 Å². The molecule has 0 aliphatic carbocycles. The molecule has 0 saturated heterocycles. The molecule has 0 N–H and O–H groups in total. The van der Waals surface area contributed by atoms with Crippen LogP contribution in [0, 0.1) is 11.3 Å². The maximum absolute atomic E-state index is 12.9. The maximum atomic E-state index is 12.9. The summed E-state index contributed by atoms with van der Waals surface area (Å²) >= 11 is 12.0. The summed E-state index contributed by atoms with van der Waals surface area (Å²) in [7, 11) is 0. The molecule has 0 aliphatic heterocycles. The number of benzene rings is 2. The number of anilines is 1. The molecule has 1 amide bonds. The molecule has 0 aromatic heterocycles. The standard InChI is InChI=1S/C17H14Cl2N2O/c1-17(2,11-20)21(13-6-4-3-5-7-13)16(22)14-9-8-12(18)10-15(14)19/h3-10H,1-2H3. The first-order chi connectivity index (χ1) is 10.4. The zero-order valence-electron chi connectivity index (χ0n) is 12.2. The Hall–Kier alpha value is -2.02. The fraction of sp³-hybridized carbons (Fsp3) is 0.176.